The third-order valence-corrected chi connectivity index (χ3v) is 8.18. The predicted octanol–water partition coefficient (Wildman–Crippen LogP) is 7.94. The number of carbonyl (C=O) groups excluding carboxylic acids is 1. The molecule has 0 atom stereocenters. The summed E-state index contributed by atoms with van der Waals surface area (Å²) in [7, 11) is 0. The van der Waals surface area contributed by atoms with E-state index in [1.165, 1.54) is 4.88 Å². The maximum absolute atomic E-state index is 13.4. The van der Waals surface area contributed by atoms with Gasteiger partial charge in [-0.2, -0.15) is 0 Å². The van der Waals surface area contributed by atoms with Crippen LogP contribution in [0.5, 0.6) is 11.5 Å². The summed E-state index contributed by atoms with van der Waals surface area (Å²) in [6.07, 6.45) is 5.96. The van der Waals surface area contributed by atoms with E-state index in [-0.39, 0.29) is 5.91 Å². The number of fused-ring (bicyclic) bond motifs is 1. The summed E-state index contributed by atoms with van der Waals surface area (Å²) < 4.78 is 11.9. The zero-order valence-electron chi connectivity index (χ0n) is 21.9. The summed E-state index contributed by atoms with van der Waals surface area (Å²) in [5.74, 6) is 1.21. The lowest BCUT2D eigenvalue weighted by molar-refractivity contribution is 0.0951. The standard InChI is InChI=1S/C32H31ClN2O3S/c1-2-37-28-18-23(16-17-27(28)38-21-24-12-6-8-14-26(24)33)20-35-32-30(25-13-7-9-15-29(25)39-32)31(36)34-19-22-10-4-3-5-11-22/h3-6,8,10-12,14,16-18,20H,2,7,9,13,15,19,21H2,1H3,(H,34,36). The van der Waals surface area contributed by atoms with Crippen molar-refractivity contribution in [3.05, 3.63) is 111 Å². The molecule has 0 aliphatic heterocycles. The molecule has 1 aliphatic rings. The van der Waals surface area contributed by atoms with E-state index in [4.69, 9.17) is 26.1 Å². The number of hydrogen-bond donors (Lipinski definition) is 1. The number of aliphatic imine (C=N–C) groups is 1. The van der Waals surface area contributed by atoms with Crippen LogP contribution in [0.3, 0.4) is 0 Å². The van der Waals surface area contributed by atoms with Crippen LogP contribution < -0.4 is 14.8 Å². The average molecular weight is 559 g/mol. The lowest BCUT2D eigenvalue weighted by atomic mass is 9.95. The zero-order chi connectivity index (χ0) is 27.0. The first-order valence-corrected chi connectivity index (χ1v) is 14.5. The Kier molecular flexibility index (Phi) is 8.96. The van der Waals surface area contributed by atoms with E-state index in [0.29, 0.717) is 41.8 Å². The molecule has 0 saturated heterocycles. The van der Waals surface area contributed by atoms with Gasteiger partial charge in [0, 0.05) is 28.2 Å². The quantitative estimate of drug-likeness (QED) is 0.201. The molecular formula is C32H31ClN2O3S. The number of halogens is 1. The van der Waals surface area contributed by atoms with Crippen molar-refractivity contribution in [2.24, 2.45) is 4.99 Å². The number of carbonyl (C=O) groups is 1. The van der Waals surface area contributed by atoms with Gasteiger partial charge in [-0.05, 0) is 73.6 Å². The predicted molar refractivity (Wildman–Crippen MR) is 159 cm³/mol. The van der Waals surface area contributed by atoms with Gasteiger partial charge in [0.2, 0.25) is 0 Å². The minimum Gasteiger partial charge on any atom is -0.490 e. The van der Waals surface area contributed by atoms with Crippen molar-refractivity contribution in [3.8, 4) is 11.5 Å². The molecule has 0 fully saturated rings. The third-order valence-electron chi connectivity index (χ3n) is 6.62. The van der Waals surface area contributed by atoms with E-state index < -0.39 is 0 Å². The smallest absolute Gasteiger partial charge is 0.254 e. The van der Waals surface area contributed by atoms with Crippen molar-refractivity contribution in [2.45, 2.75) is 45.8 Å². The van der Waals surface area contributed by atoms with E-state index in [9.17, 15) is 4.79 Å². The second-order valence-electron chi connectivity index (χ2n) is 9.34. The molecule has 0 radical (unpaired) electrons. The second-order valence-corrected chi connectivity index (χ2v) is 10.8. The molecule has 0 unspecified atom stereocenters. The molecule has 5 nitrogen and oxygen atoms in total. The number of nitrogens with zero attached hydrogens (tertiary/aromatic N) is 1. The van der Waals surface area contributed by atoms with E-state index in [0.717, 1.165) is 52.9 Å². The molecule has 0 bridgehead atoms. The maximum atomic E-state index is 13.4. The number of ether oxygens (including phenoxy) is 2. The van der Waals surface area contributed by atoms with Crippen LogP contribution in [0.15, 0.2) is 77.8 Å². The van der Waals surface area contributed by atoms with Gasteiger partial charge in [-0.1, -0.05) is 60.1 Å². The molecule has 1 amide bonds. The highest BCUT2D eigenvalue weighted by atomic mass is 35.5. The lowest BCUT2D eigenvalue weighted by Gasteiger charge is -2.13. The Morgan fingerprint density at radius 3 is 2.62 bits per heavy atom. The van der Waals surface area contributed by atoms with Gasteiger partial charge in [0.15, 0.2) is 11.5 Å². The van der Waals surface area contributed by atoms with E-state index in [2.05, 4.69) is 5.32 Å². The highest BCUT2D eigenvalue weighted by Crippen LogP contribution is 2.40. The molecule has 200 valence electrons. The summed E-state index contributed by atoms with van der Waals surface area (Å²) in [5, 5.41) is 4.52. The van der Waals surface area contributed by atoms with Crippen LogP contribution in [-0.4, -0.2) is 18.7 Å². The summed E-state index contributed by atoms with van der Waals surface area (Å²) in [4.78, 5) is 19.4. The minimum absolute atomic E-state index is 0.0660. The Morgan fingerprint density at radius 2 is 1.79 bits per heavy atom. The van der Waals surface area contributed by atoms with Crippen molar-refractivity contribution >= 4 is 40.1 Å². The summed E-state index contributed by atoms with van der Waals surface area (Å²) in [5.41, 5.74) is 4.71. The maximum Gasteiger partial charge on any atom is 0.254 e. The molecule has 7 heteroatoms. The molecule has 1 aliphatic carbocycles. The van der Waals surface area contributed by atoms with Gasteiger partial charge in [0.25, 0.3) is 5.91 Å². The molecule has 5 rings (SSSR count). The Balaban J connectivity index is 1.36. The van der Waals surface area contributed by atoms with Gasteiger partial charge in [0.1, 0.15) is 11.6 Å². The first kappa shape index (κ1) is 27.0. The van der Waals surface area contributed by atoms with Gasteiger partial charge in [0.05, 0.1) is 12.2 Å². The first-order chi connectivity index (χ1) is 19.1. The van der Waals surface area contributed by atoms with Crippen LogP contribution in [0, 0.1) is 0 Å². The fraction of sp³-hybridized carbons (Fsp3) is 0.250. The van der Waals surface area contributed by atoms with Crippen LogP contribution in [0.25, 0.3) is 0 Å². The molecular weight excluding hydrogens is 528 g/mol. The fourth-order valence-corrected chi connectivity index (χ4v) is 6.06. The lowest BCUT2D eigenvalue weighted by Crippen LogP contribution is -2.24. The van der Waals surface area contributed by atoms with Crippen LogP contribution in [0.1, 0.15) is 57.3 Å². The Hall–Kier alpha value is -3.61. The number of nitrogens with one attached hydrogen (secondary N) is 1. The summed E-state index contributed by atoms with van der Waals surface area (Å²) >= 11 is 7.91. The van der Waals surface area contributed by atoms with Crippen LogP contribution in [0.4, 0.5) is 5.00 Å². The van der Waals surface area contributed by atoms with Gasteiger partial charge in [-0.3, -0.25) is 4.79 Å². The molecule has 39 heavy (non-hydrogen) atoms. The van der Waals surface area contributed by atoms with Gasteiger partial charge < -0.3 is 14.8 Å². The Morgan fingerprint density at radius 1 is 1.00 bits per heavy atom. The summed E-state index contributed by atoms with van der Waals surface area (Å²) in [6.45, 7) is 3.28. The van der Waals surface area contributed by atoms with Crippen molar-refractivity contribution < 1.29 is 14.3 Å². The molecule has 1 heterocycles. The van der Waals surface area contributed by atoms with Gasteiger partial charge in [-0.25, -0.2) is 4.99 Å². The SMILES string of the molecule is CCOc1cc(C=Nc2sc3c(c2C(=O)NCc2ccccc2)CCCC3)ccc1OCc1ccccc1Cl. The molecule has 4 aromatic rings. The first-order valence-electron chi connectivity index (χ1n) is 13.3. The highest BCUT2D eigenvalue weighted by Gasteiger charge is 2.25. The minimum atomic E-state index is -0.0660. The van der Waals surface area contributed by atoms with E-state index in [1.54, 1.807) is 17.6 Å². The van der Waals surface area contributed by atoms with Gasteiger partial charge >= 0.3 is 0 Å². The fourth-order valence-electron chi connectivity index (χ4n) is 4.64. The van der Waals surface area contributed by atoms with Crippen LogP contribution >= 0.6 is 22.9 Å². The van der Waals surface area contributed by atoms with Crippen molar-refractivity contribution in [2.75, 3.05) is 6.61 Å². The molecule has 1 aromatic heterocycles. The summed E-state index contributed by atoms with van der Waals surface area (Å²) in [6, 6.07) is 23.3. The number of rotatable bonds is 10. The number of amides is 1. The monoisotopic (exact) mass is 558 g/mol. The van der Waals surface area contributed by atoms with Crippen molar-refractivity contribution in [1.82, 2.24) is 5.32 Å². The van der Waals surface area contributed by atoms with Crippen LogP contribution in [0.2, 0.25) is 5.02 Å². The molecule has 3 aromatic carbocycles. The van der Waals surface area contributed by atoms with Gasteiger partial charge in [-0.15, -0.1) is 11.3 Å². The number of hydrogen-bond acceptors (Lipinski definition) is 5. The topological polar surface area (TPSA) is 59.9 Å². The average Bonchev–Trinajstić information content (AvgIpc) is 3.34. The van der Waals surface area contributed by atoms with Crippen LogP contribution in [-0.2, 0) is 26.0 Å². The Labute approximate surface area is 238 Å². The third kappa shape index (κ3) is 6.70. The zero-order valence-corrected chi connectivity index (χ0v) is 23.5. The number of benzene rings is 3. The van der Waals surface area contributed by atoms with E-state index in [1.807, 2.05) is 79.7 Å². The van der Waals surface area contributed by atoms with Crippen molar-refractivity contribution in [1.29, 1.82) is 0 Å². The molecule has 0 saturated carbocycles. The van der Waals surface area contributed by atoms with E-state index >= 15 is 0 Å². The van der Waals surface area contributed by atoms with Crippen molar-refractivity contribution in [3.63, 3.8) is 0 Å². The normalized spacial score (nSPS) is 12.8. The number of thiophene rings is 1. The second kappa shape index (κ2) is 13.0. The molecule has 0 spiro atoms. The largest absolute Gasteiger partial charge is 0.490 e. The number of aryl methyl sites for hydroxylation is 1. The molecule has 1 N–H and O–H groups in total. The highest BCUT2D eigenvalue weighted by molar-refractivity contribution is 7.16. The Bertz CT molecular complexity index is 1470.